The molecule has 2 aliphatic rings. The molecule has 1 aliphatic heterocycles. The van der Waals surface area contributed by atoms with Crippen molar-refractivity contribution in [1.29, 1.82) is 0 Å². The van der Waals surface area contributed by atoms with Gasteiger partial charge in [-0.05, 0) is 38.6 Å². The van der Waals surface area contributed by atoms with Crippen LogP contribution in [0.2, 0.25) is 0 Å². The number of nitrogens with one attached hydrogen (secondary N) is 1. The van der Waals surface area contributed by atoms with Crippen LogP contribution in [0.5, 0.6) is 0 Å². The maximum Gasteiger partial charge on any atom is 0.224 e. The van der Waals surface area contributed by atoms with Gasteiger partial charge >= 0.3 is 0 Å². The molecule has 2 rings (SSSR count). The SMILES string of the molecule is CNC1(CC(=O)N(C)CC2CCCOC2)CCCCC1. The fraction of sp³-hybridized carbons (Fsp3) is 0.938. The Labute approximate surface area is 123 Å². The molecule has 0 bridgehead atoms. The van der Waals surface area contributed by atoms with Crippen LogP contribution in [-0.2, 0) is 9.53 Å². The van der Waals surface area contributed by atoms with E-state index in [2.05, 4.69) is 5.32 Å². The van der Waals surface area contributed by atoms with E-state index >= 15 is 0 Å². The second kappa shape index (κ2) is 7.41. The van der Waals surface area contributed by atoms with E-state index in [9.17, 15) is 4.79 Å². The first kappa shape index (κ1) is 15.8. The Hall–Kier alpha value is -0.610. The highest BCUT2D eigenvalue weighted by atomic mass is 16.5. The third-order valence-corrected chi connectivity index (χ3v) is 5.04. The molecule has 1 atom stereocenters. The molecule has 1 saturated heterocycles. The van der Waals surface area contributed by atoms with Crippen molar-refractivity contribution in [2.45, 2.75) is 56.9 Å². The molecule has 1 N–H and O–H groups in total. The minimum Gasteiger partial charge on any atom is -0.381 e. The van der Waals surface area contributed by atoms with Gasteiger partial charge in [0.1, 0.15) is 0 Å². The van der Waals surface area contributed by atoms with Crippen molar-refractivity contribution in [2.24, 2.45) is 5.92 Å². The molecule has 1 unspecified atom stereocenters. The topological polar surface area (TPSA) is 41.6 Å². The van der Waals surface area contributed by atoms with Crippen molar-refractivity contribution < 1.29 is 9.53 Å². The number of hydrogen-bond donors (Lipinski definition) is 1. The maximum absolute atomic E-state index is 12.5. The molecule has 116 valence electrons. The number of hydrogen-bond acceptors (Lipinski definition) is 3. The Morgan fingerprint density at radius 1 is 1.30 bits per heavy atom. The molecule has 1 amide bonds. The summed E-state index contributed by atoms with van der Waals surface area (Å²) in [7, 11) is 3.96. The first-order chi connectivity index (χ1) is 9.65. The molecule has 20 heavy (non-hydrogen) atoms. The van der Waals surface area contributed by atoms with Crippen molar-refractivity contribution in [1.82, 2.24) is 10.2 Å². The Morgan fingerprint density at radius 2 is 2.05 bits per heavy atom. The van der Waals surface area contributed by atoms with Gasteiger partial charge in [-0.3, -0.25) is 4.79 Å². The standard InChI is InChI=1S/C16H30N2O2/c1-17-16(8-4-3-5-9-16)11-15(19)18(2)12-14-7-6-10-20-13-14/h14,17H,3-13H2,1-2H3. The molecule has 1 saturated carbocycles. The van der Waals surface area contributed by atoms with E-state index in [0.29, 0.717) is 12.3 Å². The van der Waals surface area contributed by atoms with Crippen LogP contribution in [0, 0.1) is 5.92 Å². The first-order valence-electron chi connectivity index (χ1n) is 8.16. The van der Waals surface area contributed by atoms with Crippen LogP contribution in [0.1, 0.15) is 51.4 Å². The molecule has 4 nitrogen and oxygen atoms in total. The highest BCUT2D eigenvalue weighted by molar-refractivity contribution is 5.77. The van der Waals surface area contributed by atoms with Crippen LogP contribution in [0.4, 0.5) is 0 Å². The van der Waals surface area contributed by atoms with Gasteiger partial charge in [0.25, 0.3) is 0 Å². The van der Waals surface area contributed by atoms with Gasteiger partial charge < -0.3 is 15.0 Å². The van der Waals surface area contributed by atoms with Crippen molar-refractivity contribution in [3.05, 3.63) is 0 Å². The molecule has 0 aromatic carbocycles. The van der Waals surface area contributed by atoms with Crippen molar-refractivity contribution in [3.8, 4) is 0 Å². The first-order valence-corrected chi connectivity index (χ1v) is 8.16. The number of nitrogens with zero attached hydrogens (tertiary/aromatic N) is 1. The molecular formula is C16H30N2O2. The van der Waals surface area contributed by atoms with Gasteiger partial charge in [-0.25, -0.2) is 0 Å². The van der Waals surface area contributed by atoms with E-state index in [-0.39, 0.29) is 11.4 Å². The van der Waals surface area contributed by atoms with Gasteiger partial charge in [-0.1, -0.05) is 19.3 Å². The summed E-state index contributed by atoms with van der Waals surface area (Å²) >= 11 is 0. The molecule has 4 heteroatoms. The fourth-order valence-electron chi connectivity index (χ4n) is 3.61. The summed E-state index contributed by atoms with van der Waals surface area (Å²) in [6, 6.07) is 0. The van der Waals surface area contributed by atoms with Gasteiger partial charge in [-0.15, -0.1) is 0 Å². The van der Waals surface area contributed by atoms with Gasteiger partial charge in [0, 0.05) is 32.2 Å². The van der Waals surface area contributed by atoms with E-state index in [1.165, 1.54) is 25.7 Å². The van der Waals surface area contributed by atoms with Crippen molar-refractivity contribution in [3.63, 3.8) is 0 Å². The summed E-state index contributed by atoms with van der Waals surface area (Å²) in [5, 5.41) is 3.43. The van der Waals surface area contributed by atoms with E-state index in [4.69, 9.17) is 4.74 Å². The molecule has 0 aromatic heterocycles. The van der Waals surface area contributed by atoms with Crippen LogP contribution in [0.3, 0.4) is 0 Å². The monoisotopic (exact) mass is 282 g/mol. The minimum atomic E-state index is 0.0483. The number of rotatable bonds is 5. The summed E-state index contributed by atoms with van der Waals surface area (Å²) < 4.78 is 5.50. The third-order valence-electron chi connectivity index (χ3n) is 5.04. The predicted molar refractivity (Wildman–Crippen MR) is 80.7 cm³/mol. The summed E-state index contributed by atoms with van der Waals surface area (Å²) in [6.45, 7) is 2.55. The van der Waals surface area contributed by atoms with Crippen molar-refractivity contribution in [2.75, 3.05) is 33.9 Å². The third kappa shape index (κ3) is 4.19. The lowest BCUT2D eigenvalue weighted by molar-refractivity contribution is -0.133. The average molecular weight is 282 g/mol. The Morgan fingerprint density at radius 3 is 2.65 bits per heavy atom. The quantitative estimate of drug-likeness (QED) is 0.840. The molecule has 0 radical (unpaired) electrons. The van der Waals surface area contributed by atoms with Crippen LogP contribution < -0.4 is 5.32 Å². The van der Waals surface area contributed by atoms with Crippen LogP contribution in [0.25, 0.3) is 0 Å². The van der Waals surface area contributed by atoms with E-state index < -0.39 is 0 Å². The molecule has 0 spiro atoms. The minimum absolute atomic E-state index is 0.0483. The Bertz CT molecular complexity index is 308. The lowest BCUT2D eigenvalue weighted by Gasteiger charge is -2.38. The predicted octanol–water partition coefficient (Wildman–Crippen LogP) is 2.18. The number of amides is 1. The summed E-state index contributed by atoms with van der Waals surface area (Å²) in [5.74, 6) is 0.807. The molecule has 0 aromatic rings. The average Bonchev–Trinajstić information content (AvgIpc) is 2.49. The summed E-state index contributed by atoms with van der Waals surface area (Å²) in [5.41, 5.74) is 0.0483. The zero-order chi connectivity index (χ0) is 14.4. The highest BCUT2D eigenvalue weighted by Crippen LogP contribution is 2.31. The zero-order valence-corrected chi connectivity index (χ0v) is 13.1. The smallest absolute Gasteiger partial charge is 0.224 e. The van der Waals surface area contributed by atoms with E-state index in [1.54, 1.807) is 0 Å². The summed E-state index contributed by atoms with van der Waals surface area (Å²) in [4.78, 5) is 14.4. The van der Waals surface area contributed by atoms with Gasteiger partial charge in [-0.2, -0.15) is 0 Å². The van der Waals surface area contributed by atoms with Gasteiger partial charge in [0.2, 0.25) is 5.91 Å². The van der Waals surface area contributed by atoms with E-state index in [0.717, 1.165) is 39.0 Å². The fourth-order valence-corrected chi connectivity index (χ4v) is 3.61. The molecular weight excluding hydrogens is 252 g/mol. The lowest BCUT2D eigenvalue weighted by Crippen LogP contribution is -2.49. The van der Waals surface area contributed by atoms with Crippen LogP contribution in [-0.4, -0.2) is 50.2 Å². The molecule has 1 heterocycles. The summed E-state index contributed by atoms with van der Waals surface area (Å²) in [6.07, 6.45) is 9.04. The zero-order valence-electron chi connectivity index (χ0n) is 13.1. The largest absolute Gasteiger partial charge is 0.381 e. The Kier molecular flexibility index (Phi) is 5.85. The second-order valence-corrected chi connectivity index (χ2v) is 6.63. The number of carbonyl (C=O) groups excluding carboxylic acids is 1. The van der Waals surface area contributed by atoms with E-state index in [1.807, 2.05) is 19.0 Å². The highest BCUT2D eigenvalue weighted by Gasteiger charge is 2.33. The number of ether oxygens (including phenoxy) is 1. The molecule has 2 fully saturated rings. The normalized spacial score (nSPS) is 26.2. The van der Waals surface area contributed by atoms with Crippen LogP contribution in [0.15, 0.2) is 0 Å². The number of carbonyl (C=O) groups is 1. The van der Waals surface area contributed by atoms with Gasteiger partial charge in [0.15, 0.2) is 0 Å². The van der Waals surface area contributed by atoms with Crippen molar-refractivity contribution >= 4 is 5.91 Å². The Balaban J connectivity index is 1.82. The molecule has 1 aliphatic carbocycles. The lowest BCUT2D eigenvalue weighted by atomic mass is 9.79. The van der Waals surface area contributed by atoms with Gasteiger partial charge in [0.05, 0.1) is 6.61 Å². The maximum atomic E-state index is 12.5. The second-order valence-electron chi connectivity index (χ2n) is 6.63. The van der Waals surface area contributed by atoms with Crippen LogP contribution >= 0.6 is 0 Å².